The molecule has 0 saturated carbocycles. The van der Waals surface area contributed by atoms with Gasteiger partial charge in [0.15, 0.2) is 0 Å². The molecule has 1 aromatic carbocycles. The van der Waals surface area contributed by atoms with Gasteiger partial charge < -0.3 is 10.4 Å². The summed E-state index contributed by atoms with van der Waals surface area (Å²) in [5, 5.41) is 13.3. The van der Waals surface area contributed by atoms with E-state index in [4.69, 9.17) is 0 Å². The van der Waals surface area contributed by atoms with Crippen LogP contribution in [0.1, 0.15) is 12.5 Å². The van der Waals surface area contributed by atoms with Crippen LogP contribution in [0.25, 0.3) is 0 Å². The first-order valence-electron chi connectivity index (χ1n) is 6.00. The van der Waals surface area contributed by atoms with E-state index in [2.05, 4.69) is 15.3 Å². The Bertz CT molecular complexity index is 415. The summed E-state index contributed by atoms with van der Waals surface area (Å²) in [5.41, 5.74) is 1.12. The average molecular weight is 243 g/mol. The maximum atomic E-state index is 10.1. The summed E-state index contributed by atoms with van der Waals surface area (Å²) in [7, 11) is 0. The second-order valence-electron chi connectivity index (χ2n) is 4.28. The number of aromatic nitrogens is 2. The zero-order chi connectivity index (χ0) is 12.8. The maximum absolute atomic E-state index is 10.1. The van der Waals surface area contributed by atoms with Gasteiger partial charge in [-0.3, -0.25) is 4.98 Å². The van der Waals surface area contributed by atoms with Gasteiger partial charge in [0.1, 0.15) is 5.82 Å². The molecule has 4 nitrogen and oxygen atoms in total. The minimum atomic E-state index is -0.464. The second-order valence-corrected chi connectivity index (χ2v) is 4.28. The van der Waals surface area contributed by atoms with E-state index in [9.17, 15) is 5.11 Å². The molecule has 0 spiro atoms. The molecule has 0 radical (unpaired) electrons. The standard InChI is InChI=1S/C14H17N3O/c1-11(17-14-10-15-7-8-16-14)13(18)9-12-5-3-2-4-6-12/h2-8,10-11,13,18H,9H2,1H3,(H,16,17). The number of nitrogens with zero attached hydrogens (tertiary/aromatic N) is 2. The molecule has 2 aromatic rings. The Morgan fingerprint density at radius 3 is 2.67 bits per heavy atom. The van der Waals surface area contributed by atoms with E-state index in [1.54, 1.807) is 18.6 Å². The number of hydrogen-bond acceptors (Lipinski definition) is 4. The first kappa shape index (κ1) is 12.5. The topological polar surface area (TPSA) is 58.0 Å². The van der Waals surface area contributed by atoms with E-state index >= 15 is 0 Å². The summed E-state index contributed by atoms with van der Waals surface area (Å²) >= 11 is 0. The third kappa shape index (κ3) is 3.53. The largest absolute Gasteiger partial charge is 0.391 e. The average Bonchev–Trinajstić information content (AvgIpc) is 2.41. The van der Waals surface area contributed by atoms with Crippen LogP contribution >= 0.6 is 0 Å². The number of anilines is 1. The monoisotopic (exact) mass is 243 g/mol. The van der Waals surface area contributed by atoms with Gasteiger partial charge in [-0.2, -0.15) is 0 Å². The van der Waals surface area contributed by atoms with Crippen LogP contribution in [0.15, 0.2) is 48.9 Å². The molecule has 2 rings (SSSR count). The van der Waals surface area contributed by atoms with Gasteiger partial charge in [-0.05, 0) is 12.5 Å². The van der Waals surface area contributed by atoms with Crippen molar-refractivity contribution in [1.29, 1.82) is 0 Å². The zero-order valence-electron chi connectivity index (χ0n) is 10.3. The molecule has 0 fully saturated rings. The number of nitrogens with one attached hydrogen (secondary N) is 1. The van der Waals surface area contributed by atoms with Crippen molar-refractivity contribution >= 4 is 5.82 Å². The van der Waals surface area contributed by atoms with E-state index in [0.717, 1.165) is 5.56 Å². The fourth-order valence-electron chi connectivity index (χ4n) is 1.74. The fourth-order valence-corrected chi connectivity index (χ4v) is 1.74. The van der Waals surface area contributed by atoms with Crippen LogP contribution in [0.3, 0.4) is 0 Å². The van der Waals surface area contributed by atoms with Gasteiger partial charge in [-0.1, -0.05) is 30.3 Å². The van der Waals surface area contributed by atoms with Crippen LogP contribution in [0.5, 0.6) is 0 Å². The van der Waals surface area contributed by atoms with Gasteiger partial charge in [-0.25, -0.2) is 4.98 Å². The number of hydrogen-bond donors (Lipinski definition) is 2. The lowest BCUT2D eigenvalue weighted by Gasteiger charge is -2.20. The molecular weight excluding hydrogens is 226 g/mol. The molecule has 0 aliphatic carbocycles. The molecule has 0 saturated heterocycles. The van der Waals surface area contributed by atoms with E-state index < -0.39 is 6.10 Å². The number of benzene rings is 1. The quantitative estimate of drug-likeness (QED) is 0.842. The van der Waals surface area contributed by atoms with Crippen molar-refractivity contribution < 1.29 is 5.11 Å². The smallest absolute Gasteiger partial charge is 0.144 e. The molecule has 2 unspecified atom stereocenters. The molecule has 94 valence electrons. The SMILES string of the molecule is CC(Nc1cnccn1)C(O)Cc1ccccc1. The lowest BCUT2D eigenvalue weighted by atomic mass is 10.0. The van der Waals surface area contributed by atoms with Gasteiger partial charge in [-0.15, -0.1) is 0 Å². The molecule has 0 bridgehead atoms. The van der Waals surface area contributed by atoms with Crippen LogP contribution in [-0.4, -0.2) is 27.2 Å². The molecular formula is C14H17N3O. The fraction of sp³-hybridized carbons (Fsp3) is 0.286. The molecule has 2 N–H and O–H groups in total. The first-order chi connectivity index (χ1) is 8.75. The number of rotatable bonds is 5. The molecule has 0 amide bonds. The van der Waals surface area contributed by atoms with Crippen LogP contribution in [0.2, 0.25) is 0 Å². The Kier molecular flexibility index (Phi) is 4.25. The van der Waals surface area contributed by atoms with E-state index in [1.807, 2.05) is 37.3 Å². The Morgan fingerprint density at radius 1 is 1.22 bits per heavy atom. The summed E-state index contributed by atoms with van der Waals surface area (Å²) in [6, 6.07) is 9.86. The van der Waals surface area contributed by atoms with Gasteiger partial charge >= 0.3 is 0 Å². The third-order valence-corrected chi connectivity index (χ3v) is 2.80. The van der Waals surface area contributed by atoms with Crippen LogP contribution in [0.4, 0.5) is 5.82 Å². The lowest BCUT2D eigenvalue weighted by molar-refractivity contribution is 0.158. The molecule has 18 heavy (non-hydrogen) atoms. The van der Waals surface area contributed by atoms with Gasteiger partial charge in [0.2, 0.25) is 0 Å². The van der Waals surface area contributed by atoms with Crippen LogP contribution < -0.4 is 5.32 Å². The summed E-state index contributed by atoms with van der Waals surface area (Å²) in [6.45, 7) is 1.93. The van der Waals surface area contributed by atoms with Crippen molar-refractivity contribution in [3.8, 4) is 0 Å². The van der Waals surface area contributed by atoms with Crippen molar-refractivity contribution in [1.82, 2.24) is 9.97 Å². The molecule has 2 atom stereocenters. The van der Waals surface area contributed by atoms with Gasteiger partial charge in [0, 0.05) is 18.8 Å². The Labute approximate surface area is 107 Å². The number of aliphatic hydroxyl groups is 1. The lowest BCUT2D eigenvalue weighted by Crippen LogP contribution is -2.32. The molecule has 0 aliphatic rings. The highest BCUT2D eigenvalue weighted by Gasteiger charge is 2.14. The number of aliphatic hydroxyl groups excluding tert-OH is 1. The molecule has 1 heterocycles. The van der Waals surface area contributed by atoms with Crippen molar-refractivity contribution in [2.75, 3.05) is 5.32 Å². The maximum Gasteiger partial charge on any atom is 0.144 e. The van der Waals surface area contributed by atoms with Crippen molar-refractivity contribution in [2.24, 2.45) is 0 Å². The Hall–Kier alpha value is -1.94. The Morgan fingerprint density at radius 2 is 2.00 bits per heavy atom. The summed E-state index contributed by atoms with van der Waals surface area (Å²) in [5.74, 6) is 0.678. The summed E-state index contributed by atoms with van der Waals surface area (Å²) < 4.78 is 0. The van der Waals surface area contributed by atoms with Crippen molar-refractivity contribution in [3.05, 3.63) is 54.5 Å². The molecule has 0 aliphatic heterocycles. The normalized spacial score (nSPS) is 13.9. The predicted octanol–water partition coefficient (Wildman–Crippen LogP) is 1.88. The minimum Gasteiger partial charge on any atom is -0.391 e. The Balaban J connectivity index is 1.91. The molecule has 4 heteroatoms. The van der Waals surface area contributed by atoms with Crippen LogP contribution in [-0.2, 0) is 6.42 Å². The highest BCUT2D eigenvalue weighted by Crippen LogP contribution is 2.09. The van der Waals surface area contributed by atoms with Gasteiger partial charge in [0.05, 0.1) is 18.3 Å². The van der Waals surface area contributed by atoms with Crippen molar-refractivity contribution in [3.63, 3.8) is 0 Å². The van der Waals surface area contributed by atoms with E-state index in [-0.39, 0.29) is 6.04 Å². The summed E-state index contributed by atoms with van der Waals surface area (Å²) in [6.07, 6.45) is 5.05. The van der Waals surface area contributed by atoms with Gasteiger partial charge in [0.25, 0.3) is 0 Å². The summed E-state index contributed by atoms with van der Waals surface area (Å²) in [4.78, 5) is 8.10. The first-order valence-corrected chi connectivity index (χ1v) is 6.00. The van der Waals surface area contributed by atoms with Crippen molar-refractivity contribution in [2.45, 2.75) is 25.5 Å². The highest BCUT2D eigenvalue weighted by atomic mass is 16.3. The van der Waals surface area contributed by atoms with Crippen LogP contribution in [0, 0.1) is 0 Å². The van der Waals surface area contributed by atoms with E-state index in [1.165, 1.54) is 0 Å². The minimum absolute atomic E-state index is 0.0816. The zero-order valence-corrected chi connectivity index (χ0v) is 10.3. The highest BCUT2D eigenvalue weighted by molar-refractivity contribution is 5.31. The molecule has 1 aromatic heterocycles. The predicted molar refractivity (Wildman–Crippen MR) is 71.3 cm³/mol. The third-order valence-electron chi connectivity index (χ3n) is 2.80. The second kappa shape index (κ2) is 6.12. The van der Waals surface area contributed by atoms with E-state index in [0.29, 0.717) is 12.2 Å².